The van der Waals surface area contributed by atoms with E-state index in [4.69, 9.17) is 5.11 Å². The summed E-state index contributed by atoms with van der Waals surface area (Å²) in [5.41, 5.74) is 0. The minimum absolute atomic E-state index is 0.195. The number of aldehydes is 1. The van der Waals surface area contributed by atoms with E-state index in [9.17, 15) is 4.79 Å². The maximum absolute atomic E-state index is 9.76. The quantitative estimate of drug-likeness (QED) is 0.548. The van der Waals surface area contributed by atoms with Crippen LogP contribution in [0.1, 0.15) is 20.3 Å². The molecule has 0 aromatic rings. The largest absolute Gasteiger partial charge is 0.392 e. The van der Waals surface area contributed by atoms with Gasteiger partial charge in [-0.25, -0.2) is 0 Å². The highest BCUT2D eigenvalue weighted by molar-refractivity contribution is 5.50. The number of hydrogen-bond acceptors (Lipinski definition) is 2. The molecule has 0 aliphatic carbocycles. The van der Waals surface area contributed by atoms with E-state index in [2.05, 4.69) is 0 Å². The van der Waals surface area contributed by atoms with E-state index >= 15 is 0 Å². The minimum atomic E-state index is -0.451. The van der Waals surface area contributed by atoms with Crippen molar-refractivity contribution >= 4 is 6.29 Å². The van der Waals surface area contributed by atoms with Gasteiger partial charge < -0.3 is 9.90 Å². The molecule has 48 valence electrons. The maximum Gasteiger partial charge on any atom is 0.122 e. The Morgan fingerprint density at radius 2 is 2.12 bits per heavy atom. The second kappa shape index (κ2) is 3.61. The van der Waals surface area contributed by atoms with Crippen molar-refractivity contribution < 1.29 is 9.90 Å². The molecule has 1 N–H and O–H groups in total. The fraction of sp³-hybridized carbons (Fsp3) is 0.833. The third kappa shape index (κ3) is 2.75. The highest BCUT2D eigenvalue weighted by Gasteiger charge is 2.06. The zero-order valence-corrected chi connectivity index (χ0v) is 5.29. The third-order valence-corrected chi connectivity index (χ3v) is 1.11. The molecule has 0 saturated carbocycles. The molecule has 2 nitrogen and oxygen atoms in total. The van der Waals surface area contributed by atoms with Gasteiger partial charge in [0, 0.05) is 6.42 Å². The number of rotatable bonds is 3. The molecule has 0 fully saturated rings. The summed E-state index contributed by atoms with van der Waals surface area (Å²) < 4.78 is 0. The molecule has 8 heavy (non-hydrogen) atoms. The lowest BCUT2D eigenvalue weighted by Crippen LogP contribution is -2.14. The third-order valence-electron chi connectivity index (χ3n) is 1.11. The molecule has 0 radical (unpaired) electrons. The van der Waals surface area contributed by atoms with Crippen molar-refractivity contribution in [3.63, 3.8) is 0 Å². The fourth-order valence-corrected chi connectivity index (χ4v) is 0.371. The summed E-state index contributed by atoms with van der Waals surface area (Å²) in [7, 11) is 0. The van der Waals surface area contributed by atoms with Crippen LogP contribution in [-0.2, 0) is 4.79 Å². The van der Waals surface area contributed by atoms with E-state index in [-0.39, 0.29) is 12.3 Å². The first-order valence-electron chi connectivity index (χ1n) is 2.80. The summed E-state index contributed by atoms with van der Waals surface area (Å²) in [6, 6.07) is 0. The predicted octanol–water partition coefficient (Wildman–Crippen LogP) is 0.592. The van der Waals surface area contributed by atoms with Crippen LogP contribution in [0.5, 0.6) is 0 Å². The van der Waals surface area contributed by atoms with Crippen LogP contribution < -0.4 is 0 Å². The van der Waals surface area contributed by atoms with Gasteiger partial charge in [0.15, 0.2) is 0 Å². The van der Waals surface area contributed by atoms with Gasteiger partial charge in [-0.05, 0) is 5.92 Å². The molecular weight excluding hydrogens is 104 g/mol. The van der Waals surface area contributed by atoms with Gasteiger partial charge in [0.25, 0.3) is 0 Å². The monoisotopic (exact) mass is 116 g/mol. The topological polar surface area (TPSA) is 37.3 Å². The Balaban J connectivity index is 3.30. The number of aliphatic hydroxyl groups excluding tert-OH is 1. The molecule has 1 unspecified atom stereocenters. The lowest BCUT2D eigenvalue weighted by atomic mass is 10.1. The summed E-state index contributed by atoms with van der Waals surface area (Å²) >= 11 is 0. The van der Waals surface area contributed by atoms with Crippen LogP contribution in [0, 0.1) is 5.92 Å². The van der Waals surface area contributed by atoms with Crippen molar-refractivity contribution in [2.75, 3.05) is 0 Å². The number of aliphatic hydroxyl groups is 1. The van der Waals surface area contributed by atoms with Gasteiger partial charge in [-0.2, -0.15) is 0 Å². The Morgan fingerprint density at radius 3 is 2.25 bits per heavy atom. The molecule has 0 aromatic carbocycles. The van der Waals surface area contributed by atoms with Crippen LogP contribution in [0.15, 0.2) is 0 Å². The normalized spacial score (nSPS) is 14.0. The van der Waals surface area contributed by atoms with Gasteiger partial charge in [0.05, 0.1) is 6.10 Å². The molecule has 0 rings (SSSR count). The van der Waals surface area contributed by atoms with Crippen LogP contribution >= 0.6 is 0 Å². The van der Waals surface area contributed by atoms with Crippen LogP contribution in [0.4, 0.5) is 0 Å². The second-order valence-electron chi connectivity index (χ2n) is 2.21. The van der Waals surface area contributed by atoms with Gasteiger partial charge in [0.1, 0.15) is 6.29 Å². The van der Waals surface area contributed by atoms with Crippen LogP contribution in [0.2, 0.25) is 0 Å². The van der Waals surface area contributed by atoms with Gasteiger partial charge in [-0.1, -0.05) is 13.8 Å². The maximum atomic E-state index is 9.76. The summed E-state index contributed by atoms with van der Waals surface area (Å²) in [6.07, 6.45) is 0.551. The van der Waals surface area contributed by atoms with E-state index in [1.165, 1.54) is 0 Å². The number of carbonyl (C=O) groups is 1. The first kappa shape index (κ1) is 7.63. The Kier molecular flexibility index (Phi) is 3.44. The van der Waals surface area contributed by atoms with Crippen molar-refractivity contribution in [1.82, 2.24) is 0 Å². The van der Waals surface area contributed by atoms with Crippen molar-refractivity contribution in [2.24, 2.45) is 5.92 Å². The number of carbonyl (C=O) groups excluding carboxylic acids is 1. The second-order valence-corrected chi connectivity index (χ2v) is 2.21. The molecule has 0 aliphatic rings. The van der Waals surface area contributed by atoms with Gasteiger partial charge in [0.2, 0.25) is 0 Å². The smallest absolute Gasteiger partial charge is 0.122 e. The molecule has 0 saturated heterocycles. The Morgan fingerprint density at radius 1 is 1.62 bits per heavy atom. The van der Waals surface area contributed by atoms with Gasteiger partial charge in [-0.3, -0.25) is 0 Å². The SMILES string of the molecule is CC(C)C(O)CC=O. The molecule has 0 bridgehead atoms. The van der Waals surface area contributed by atoms with Crippen LogP contribution in [0.25, 0.3) is 0 Å². The summed E-state index contributed by atoms with van der Waals surface area (Å²) in [5.74, 6) is 0.195. The highest BCUT2D eigenvalue weighted by atomic mass is 16.3. The molecular formula is C6H12O2. The first-order valence-corrected chi connectivity index (χ1v) is 2.80. The van der Waals surface area contributed by atoms with Crippen molar-refractivity contribution in [1.29, 1.82) is 0 Å². The zero-order chi connectivity index (χ0) is 6.57. The summed E-state index contributed by atoms with van der Waals surface area (Å²) in [4.78, 5) is 9.76. The molecule has 0 heterocycles. The summed E-state index contributed by atoms with van der Waals surface area (Å²) in [6.45, 7) is 3.77. The van der Waals surface area contributed by atoms with Crippen LogP contribution in [-0.4, -0.2) is 17.5 Å². The average Bonchev–Trinajstić information content (AvgIpc) is 1.67. The van der Waals surface area contributed by atoms with Gasteiger partial charge >= 0.3 is 0 Å². The van der Waals surface area contributed by atoms with E-state index < -0.39 is 6.10 Å². The molecule has 0 spiro atoms. The Hall–Kier alpha value is -0.370. The Labute approximate surface area is 49.5 Å². The zero-order valence-electron chi connectivity index (χ0n) is 5.29. The lowest BCUT2D eigenvalue weighted by Gasteiger charge is -2.08. The standard InChI is InChI=1S/C6H12O2/c1-5(2)6(8)3-4-7/h4-6,8H,3H2,1-2H3. The van der Waals surface area contributed by atoms with E-state index in [0.717, 1.165) is 6.29 Å². The van der Waals surface area contributed by atoms with E-state index in [1.807, 2.05) is 13.8 Å². The van der Waals surface area contributed by atoms with E-state index in [1.54, 1.807) is 0 Å². The average molecular weight is 116 g/mol. The van der Waals surface area contributed by atoms with Crippen molar-refractivity contribution in [2.45, 2.75) is 26.4 Å². The van der Waals surface area contributed by atoms with Gasteiger partial charge in [-0.15, -0.1) is 0 Å². The molecule has 0 aliphatic heterocycles. The van der Waals surface area contributed by atoms with Crippen molar-refractivity contribution in [3.05, 3.63) is 0 Å². The first-order chi connectivity index (χ1) is 3.68. The predicted molar refractivity (Wildman–Crippen MR) is 31.5 cm³/mol. The van der Waals surface area contributed by atoms with Crippen LogP contribution in [0.3, 0.4) is 0 Å². The Bertz CT molecular complexity index is 68.9. The van der Waals surface area contributed by atoms with Crippen molar-refractivity contribution in [3.8, 4) is 0 Å². The molecule has 0 amide bonds. The number of hydrogen-bond donors (Lipinski definition) is 1. The fourth-order valence-electron chi connectivity index (χ4n) is 0.371. The molecule has 1 atom stereocenters. The lowest BCUT2D eigenvalue weighted by molar-refractivity contribution is -0.110. The molecule has 2 heteroatoms. The highest BCUT2D eigenvalue weighted by Crippen LogP contribution is 2.02. The molecule has 0 aromatic heterocycles. The minimum Gasteiger partial charge on any atom is -0.392 e. The summed E-state index contributed by atoms with van der Waals surface area (Å²) in [5, 5.41) is 8.90. The van der Waals surface area contributed by atoms with E-state index in [0.29, 0.717) is 0 Å².